The quantitative estimate of drug-likeness (QED) is 0.946. The minimum Gasteiger partial charge on any atom is -0.391 e. The van der Waals surface area contributed by atoms with E-state index in [4.69, 9.17) is 0 Å². The van der Waals surface area contributed by atoms with E-state index in [1.807, 2.05) is 30.3 Å². The second kappa shape index (κ2) is 6.28. The average Bonchev–Trinajstić information content (AvgIpc) is 2.89. The number of benzene rings is 2. The number of likely N-dealkylation sites (tertiary alicyclic amines) is 1. The lowest BCUT2D eigenvalue weighted by Crippen LogP contribution is -2.41. The molecule has 1 aliphatic heterocycles. The van der Waals surface area contributed by atoms with Crippen LogP contribution in [0.1, 0.15) is 22.3 Å². The smallest absolute Gasteiger partial charge is 0.254 e. The van der Waals surface area contributed by atoms with Crippen LogP contribution in [0.2, 0.25) is 0 Å². The molecule has 1 saturated heterocycles. The molecule has 0 aromatic heterocycles. The summed E-state index contributed by atoms with van der Waals surface area (Å²) in [5.41, 5.74) is 1.40. The Bertz CT molecular complexity index is 659. The number of carbonyl (C=O) groups is 1. The zero-order valence-electron chi connectivity index (χ0n) is 12.2. The summed E-state index contributed by atoms with van der Waals surface area (Å²) in [5.74, 6) is -0.651. The molecule has 2 aromatic carbocycles. The van der Waals surface area contributed by atoms with Crippen molar-refractivity contribution in [3.8, 4) is 0 Å². The van der Waals surface area contributed by atoms with Crippen molar-refractivity contribution in [3.05, 3.63) is 71.5 Å². The minimum atomic E-state index is -0.544. The van der Waals surface area contributed by atoms with E-state index in [0.717, 1.165) is 5.56 Å². The molecule has 0 radical (unpaired) electrons. The van der Waals surface area contributed by atoms with E-state index in [2.05, 4.69) is 0 Å². The standard InChI is InChI=1S/C18H18FNO2/c19-15-8-4-7-14(12-15)18(22)20-10-9-17(21)16(20)11-13-5-2-1-3-6-13/h1-8,12,16-17,21H,9-11H2/t16-,17-/m1/s1. The van der Waals surface area contributed by atoms with Crippen LogP contribution in [0.5, 0.6) is 0 Å². The summed E-state index contributed by atoms with van der Waals surface area (Å²) in [6.45, 7) is 0.494. The molecule has 1 heterocycles. The molecule has 1 N–H and O–H groups in total. The molecular weight excluding hydrogens is 281 g/mol. The third-order valence-corrected chi connectivity index (χ3v) is 4.13. The van der Waals surface area contributed by atoms with Gasteiger partial charge in [-0.15, -0.1) is 0 Å². The van der Waals surface area contributed by atoms with Crippen molar-refractivity contribution in [1.29, 1.82) is 0 Å². The van der Waals surface area contributed by atoms with Crippen molar-refractivity contribution < 1.29 is 14.3 Å². The molecule has 3 rings (SSSR count). The first kappa shape index (κ1) is 14.7. The third-order valence-electron chi connectivity index (χ3n) is 4.13. The highest BCUT2D eigenvalue weighted by atomic mass is 19.1. The monoisotopic (exact) mass is 299 g/mol. The predicted molar refractivity (Wildman–Crippen MR) is 82.0 cm³/mol. The Labute approximate surface area is 129 Å². The van der Waals surface area contributed by atoms with Gasteiger partial charge in [0.15, 0.2) is 0 Å². The summed E-state index contributed by atoms with van der Waals surface area (Å²) in [5, 5.41) is 10.2. The number of hydrogen-bond acceptors (Lipinski definition) is 2. The lowest BCUT2D eigenvalue weighted by molar-refractivity contribution is 0.0639. The minimum absolute atomic E-state index is 0.225. The fourth-order valence-corrected chi connectivity index (χ4v) is 2.98. The van der Waals surface area contributed by atoms with Gasteiger partial charge in [-0.2, -0.15) is 0 Å². The van der Waals surface area contributed by atoms with Gasteiger partial charge >= 0.3 is 0 Å². The van der Waals surface area contributed by atoms with Crippen molar-refractivity contribution in [2.75, 3.05) is 6.54 Å². The van der Waals surface area contributed by atoms with Gasteiger partial charge in [-0.3, -0.25) is 4.79 Å². The molecule has 2 atom stereocenters. The molecule has 1 aliphatic rings. The van der Waals surface area contributed by atoms with Crippen LogP contribution in [0.25, 0.3) is 0 Å². The Hall–Kier alpha value is -2.20. The van der Waals surface area contributed by atoms with Gasteiger partial charge in [0.25, 0.3) is 5.91 Å². The van der Waals surface area contributed by atoms with Crippen LogP contribution >= 0.6 is 0 Å². The summed E-state index contributed by atoms with van der Waals surface area (Å²) >= 11 is 0. The first-order valence-electron chi connectivity index (χ1n) is 7.43. The molecule has 1 amide bonds. The Morgan fingerprint density at radius 3 is 2.68 bits per heavy atom. The molecular formula is C18H18FNO2. The topological polar surface area (TPSA) is 40.5 Å². The predicted octanol–water partition coefficient (Wildman–Crippen LogP) is 2.64. The van der Waals surface area contributed by atoms with E-state index in [1.54, 1.807) is 11.0 Å². The Morgan fingerprint density at radius 1 is 1.18 bits per heavy atom. The second-order valence-corrected chi connectivity index (χ2v) is 5.62. The highest BCUT2D eigenvalue weighted by Crippen LogP contribution is 2.24. The number of halogens is 1. The first-order chi connectivity index (χ1) is 10.6. The van der Waals surface area contributed by atoms with Crippen LogP contribution in [0.4, 0.5) is 4.39 Å². The highest BCUT2D eigenvalue weighted by molar-refractivity contribution is 5.94. The molecule has 0 unspecified atom stereocenters. The SMILES string of the molecule is O=C(c1cccc(F)c1)N1CC[C@@H](O)[C@H]1Cc1ccccc1. The summed E-state index contributed by atoms with van der Waals surface area (Å²) < 4.78 is 13.3. The van der Waals surface area contributed by atoms with E-state index >= 15 is 0 Å². The van der Waals surface area contributed by atoms with E-state index in [0.29, 0.717) is 24.9 Å². The zero-order valence-corrected chi connectivity index (χ0v) is 12.2. The molecule has 22 heavy (non-hydrogen) atoms. The van der Waals surface area contributed by atoms with Gasteiger partial charge in [0.1, 0.15) is 5.82 Å². The Morgan fingerprint density at radius 2 is 1.95 bits per heavy atom. The lowest BCUT2D eigenvalue weighted by Gasteiger charge is -2.26. The number of amides is 1. The number of aliphatic hydroxyl groups is 1. The number of hydrogen-bond donors (Lipinski definition) is 1. The number of rotatable bonds is 3. The van der Waals surface area contributed by atoms with Crippen molar-refractivity contribution in [2.45, 2.75) is 25.0 Å². The highest BCUT2D eigenvalue weighted by Gasteiger charge is 2.36. The molecule has 0 spiro atoms. The van der Waals surface area contributed by atoms with Crippen LogP contribution in [0.15, 0.2) is 54.6 Å². The molecule has 3 nitrogen and oxygen atoms in total. The van der Waals surface area contributed by atoms with Crippen LogP contribution in [-0.2, 0) is 6.42 Å². The maximum atomic E-state index is 13.3. The summed E-state index contributed by atoms with van der Waals surface area (Å²) in [7, 11) is 0. The third kappa shape index (κ3) is 3.02. The van der Waals surface area contributed by atoms with E-state index in [-0.39, 0.29) is 11.9 Å². The fourth-order valence-electron chi connectivity index (χ4n) is 2.98. The molecule has 1 fully saturated rings. The van der Waals surface area contributed by atoms with Crippen LogP contribution in [-0.4, -0.2) is 34.6 Å². The van der Waals surface area contributed by atoms with Gasteiger partial charge in [-0.05, 0) is 36.6 Å². The molecule has 114 valence electrons. The Balaban J connectivity index is 1.81. The van der Waals surface area contributed by atoms with Gasteiger partial charge in [-0.25, -0.2) is 4.39 Å². The van der Waals surface area contributed by atoms with Gasteiger partial charge in [0.2, 0.25) is 0 Å². The maximum absolute atomic E-state index is 13.3. The largest absolute Gasteiger partial charge is 0.391 e. The van der Waals surface area contributed by atoms with Gasteiger partial charge in [-0.1, -0.05) is 36.4 Å². The van der Waals surface area contributed by atoms with E-state index < -0.39 is 11.9 Å². The fraction of sp³-hybridized carbons (Fsp3) is 0.278. The molecule has 4 heteroatoms. The van der Waals surface area contributed by atoms with Gasteiger partial charge in [0, 0.05) is 12.1 Å². The average molecular weight is 299 g/mol. The van der Waals surface area contributed by atoms with Crippen LogP contribution in [0, 0.1) is 5.82 Å². The Kier molecular flexibility index (Phi) is 4.20. The molecule has 0 aliphatic carbocycles. The molecule has 0 bridgehead atoms. The zero-order chi connectivity index (χ0) is 15.5. The van der Waals surface area contributed by atoms with Gasteiger partial charge in [0.05, 0.1) is 12.1 Å². The molecule has 2 aromatic rings. The van der Waals surface area contributed by atoms with E-state index in [9.17, 15) is 14.3 Å². The van der Waals surface area contributed by atoms with Gasteiger partial charge < -0.3 is 10.0 Å². The van der Waals surface area contributed by atoms with Crippen molar-refractivity contribution in [2.24, 2.45) is 0 Å². The van der Waals surface area contributed by atoms with Crippen molar-refractivity contribution >= 4 is 5.91 Å². The first-order valence-corrected chi connectivity index (χ1v) is 7.43. The summed E-state index contributed by atoms with van der Waals surface area (Å²) in [6.07, 6.45) is 0.611. The van der Waals surface area contributed by atoms with Crippen LogP contribution in [0.3, 0.4) is 0 Å². The summed E-state index contributed by atoms with van der Waals surface area (Å²) in [6, 6.07) is 15.2. The number of aliphatic hydroxyl groups excluding tert-OH is 1. The summed E-state index contributed by atoms with van der Waals surface area (Å²) in [4.78, 5) is 14.3. The lowest BCUT2D eigenvalue weighted by atomic mass is 10.0. The maximum Gasteiger partial charge on any atom is 0.254 e. The second-order valence-electron chi connectivity index (χ2n) is 5.62. The number of carbonyl (C=O) groups excluding carboxylic acids is 1. The number of nitrogens with zero attached hydrogens (tertiary/aromatic N) is 1. The van der Waals surface area contributed by atoms with Crippen molar-refractivity contribution in [3.63, 3.8) is 0 Å². The molecule has 0 saturated carbocycles. The van der Waals surface area contributed by atoms with E-state index in [1.165, 1.54) is 18.2 Å². The van der Waals surface area contributed by atoms with Crippen molar-refractivity contribution in [1.82, 2.24) is 4.90 Å². The van der Waals surface area contributed by atoms with Crippen LogP contribution < -0.4 is 0 Å². The normalized spacial score (nSPS) is 21.1.